The number of aryl methyl sites for hydroxylation is 1. The lowest BCUT2D eigenvalue weighted by atomic mass is 10.2. The van der Waals surface area contributed by atoms with Crippen molar-refractivity contribution in [3.8, 4) is 0 Å². The molecule has 1 saturated heterocycles. The second-order valence-corrected chi connectivity index (χ2v) is 7.46. The van der Waals surface area contributed by atoms with Crippen molar-refractivity contribution in [2.75, 3.05) is 18.0 Å². The van der Waals surface area contributed by atoms with Gasteiger partial charge in [0.1, 0.15) is 0 Å². The number of anilines is 1. The Kier molecular flexibility index (Phi) is 4.32. The zero-order chi connectivity index (χ0) is 14.8. The van der Waals surface area contributed by atoms with Gasteiger partial charge in [0.2, 0.25) is 0 Å². The van der Waals surface area contributed by atoms with Gasteiger partial charge in [0.25, 0.3) is 5.91 Å². The zero-order valence-corrected chi connectivity index (χ0v) is 12.3. The van der Waals surface area contributed by atoms with Crippen LogP contribution < -0.4 is 11.1 Å². The van der Waals surface area contributed by atoms with Crippen molar-refractivity contribution in [2.45, 2.75) is 37.9 Å². The first kappa shape index (κ1) is 14.8. The molecule has 20 heavy (non-hydrogen) atoms. The van der Waals surface area contributed by atoms with Crippen molar-refractivity contribution in [3.63, 3.8) is 0 Å². The van der Waals surface area contributed by atoms with Crippen LogP contribution >= 0.6 is 0 Å². The van der Waals surface area contributed by atoms with E-state index in [1.807, 2.05) is 6.92 Å². The predicted molar refractivity (Wildman–Crippen MR) is 76.1 cm³/mol. The van der Waals surface area contributed by atoms with Crippen molar-refractivity contribution in [3.05, 3.63) is 11.4 Å². The molecule has 1 aromatic heterocycles. The van der Waals surface area contributed by atoms with Crippen LogP contribution in [-0.4, -0.2) is 42.1 Å². The first-order chi connectivity index (χ1) is 9.45. The summed E-state index contributed by atoms with van der Waals surface area (Å²) in [6.07, 6.45) is 2.88. The minimum atomic E-state index is -3.05. The van der Waals surface area contributed by atoms with Gasteiger partial charge in [-0.15, -0.1) is 0 Å². The number of sulfone groups is 1. The Morgan fingerprint density at radius 2 is 2.30 bits per heavy atom. The number of hydrogen-bond donors (Lipinski definition) is 3. The molecule has 1 aliphatic heterocycles. The molecule has 1 fully saturated rings. The normalized spacial score (nSPS) is 20.9. The lowest BCUT2D eigenvalue weighted by Gasteiger charge is -2.10. The van der Waals surface area contributed by atoms with E-state index in [1.165, 1.54) is 0 Å². The number of nitrogen functional groups attached to an aromatic ring is 1. The van der Waals surface area contributed by atoms with Crippen LogP contribution in [0.25, 0.3) is 0 Å². The maximum atomic E-state index is 12.0. The lowest BCUT2D eigenvalue weighted by molar-refractivity contribution is 0.0949. The molecule has 112 valence electrons. The van der Waals surface area contributed by atoms with Crippen molar-refractivity contribution in [1.82, 2.24) is 15.5 Å². The topological polar surface area (TPSA) is 118 Å². The smallest absolute Gasteiger partial charge is 0.273 e. The largest absolute Gasteiger partial charge is 0.395 e. The van der Waals surface area contributed by atoms with E-state index in [1.54, 1.807) is 0 Å². The molecule has 0 aromatic carbocycles. The van der Waals surface area contributed by atoms with E-state index >= 15 is 0 Å². The number of carbonyl (C=O) groups is 1. The fourth-order valence-corrected chi connectivity index (χ4v) is 4.14. The van der Waals surface area contributed by atoms with Gasteiger partial charge in [0.05, 0.1) is 22.4 Å². The lowest BCUT2D eigenvalue weighted by Crippen LogP contribution is -2.35. The molecule has 4 N–H and O–H groups in total. The van der Waals surface area contributed by atoms with E-state index in [2.05, 4.69) is 15.5 Å². The highest BCUT2D eigenvalue weighted by molar-refractivity contribution is 7.92. The van der Waals surface area contributed by atoms with Crippen molar-refractivity contribution in [1.29, 1.82) is 0 Å². The third kappa shape index (κ3) is 2.95. The Balaban J connectivity index is 1.99. The average Bonchev–Trinajstić information content (AvgIpc) is 2.91. The Bertz CT molecular complexity index is 594. The van der Waals surface area contributed by atoms with Crippen LogP contribution in [0.2, 0.25) is 0 Å². The second-order valence-electron chi connectivity index (χ2n) is 5.06. The molecule has 1 unspecified atom stereocenters. The fraction of sp³-hybridized carbons (Fsp3) is 0.667. The highest BCUT2D eigenvalue weighted by Gasteiger charge is 2.31. The van der Waals surface area contributed by atoms with Crippen LogP contribution in [-0.2, 0) is 16.3 Å². The summed E-state index contributed by atoms with van der Waals surface area (Å²) in [4.78, 5) is 12.0. The number of nitrogens with one attached hydrogen (secondary N) is 2. The highest BCUT2D eigenvalue weighted by atomic mass is 32.2. The Hall–Kier alpha value is -1.57. The molecular formula is C12H20N4O3S. The van der Waals surface area contributed by atoms with Gasteiger partial charge in [-0.2, -0.15) is 5.10 Å². The summed E-state index contributed by atoms with van der Waals surface area (Å²) in [6.45, 7) is 2.13. The van der Waals surface area contributed by atoms with Gasteiger partial charge in [-0.25, -0.2) is 8.42 Å². The summed E-state index contributed by atoms with van der Waals surface area (Å²) in [7, 11) is -3.05. The molecule has 0 saturated carbocycles. The summed E-state index contributed by atoms with van der Waals surface area (Å²) in [5, 5.41) is 8.78. The quantitative estimate of drug-likeness (QED) is 0.720. The van der Waals surface area contributed by atoms with Crippen LogP contribution in [0.4, 0.5) is 5.69 Å². The maximum absolute atomic E-state index is 12.0. The Labute approximate surface area is 118 Å². The maximum Gasteiger partial charge on any atom is 0.273 e. The monoisotopic (exact) mass is 300 g/mol. The summed E-state index contributed by atoms with van der Waals surface area (Å²) in [5.74, 6) is -0.221. The standard InChI is InChI=1S/C12H20N4O3S/c1-2-4-9-10(13)11(16-15-9)12(17)14-7-8-5-3-6-20(8,18)19/h8H,2-7,13H2,1H3,(H,14,17)(H,15,16). The number of amides is 1. The average molecular weight is 300 g/mol. The number of nitrogens with zero attached hydrogens (tertiary/aromatic N) is 1. The fourth-order valence-electron chi connectivity index (χ4n) is 2.38. The molecule has 1 aromatic rings. The highest BCUT2D eigenvalue weighted by Crippen LogP contribution is 2.20. The molecule has 0 aliphatic carbocycles. The van der Waals surface area contributed by atoms with E-state index < -0.39 is 21.0 Å². The van der Waals surface area contributed by atoms with Crippen LogP contribution in [0.1, 0.15) is 42.4 Å². The number of carbonyl (C=O) groups excluding carboxylic acids is 1. The minimum Gasteiger partial charge on any atom is -0.395 e. The molecule has 0 bridgehead atoms. The Morgan fingerprint density at radius 3 is 2.90 bits per heavy atom. The first-order valence-electron chi connectivity index (χ1n) is 6.78. The minimum absolute atomic E-state index is 0.122. The van der Waals surface area contributed by atoms with Crippen molar-refractivity contribution < 1.29 is 13.2 Å². The van der Waals surface area contributed by atoms with E-state index in [0.717, 1.165) is 18.5 Å². The van der Waals surface area contributed by atoms with Gasteiger partial charge in [-0.3, -0.25) is 9.89 Å². The SMILES string of the molecule is CCCc1[nH]nc(C(=O)NCC2CCCS2(=O)=O)c1N. The van der Waals surface area contributed by atoms with Gasteiger partial charge in [0.15, 0.2) is 15.5 Å². The summed E-state index contributed by atoms with van der Waals surface area (Å²) in [6, 6.07) is 0. The van der Waals surface area contributed by atoms with Gasteiger partial charge in [-0.05, 0) is 19.3 Å². The summed E-state index contributed by atoms with van der Waals surface area (Å²) in [5.41, 5.74) is 7.08. The molecule has 0 spiro atoms. The molecule has 1 amide bonds. The van der Waals surface area contributed by atoms with Gasteiger partial charge < -0.3 is 11.1 Å². The molecule has 2 rings (SSSR count). The molecule has 7 nitrogen and oxygen atoms in total. The summed E-state index contributed by atoms with van der Waals surface area (Å²) >= 11 is 0. The first-order valence-corrected chi connectivity index (χ1v) is 8.49. The van der Waals surface area contributed by atoms with Gasteiger partial charge in [-0.1, -0.05) is 13.3 Å². The van der Waals surface area contributed by atoms with Crippen LogP contribution in [0.15, 0.2) is 0 Å². The van der Waals surface area contributed by atoms with Gasteiger partial charge in [0, 0.05) is 6.54 Å². The molecule has 0 radical (unpaired) electrons. The number of nitrogens with two attached hydrogens (primary N) is 1. The number of hydrogen-bond acceptors (Lipinski definition) is 5. The zero-order valence-electron chi connectivity index (χ0n) is 11.5. The van der Waals surface area contributed by atoms with E-state index in [0.29, 0.717) is 18.5 Å². The number of aromatic nitrogens is 2. The Morgan fingerprint density at radius 1 is 1.55 bits per heavy atom. The number of aromatic amines is 1. The van der Waals surface area contributed by atoms with E-state index in [4.69, 9.17) is 5.73 Å². The number of rotatable bonds is 5. The number of H-pyrrole nitrogens is 1. The second kappa shape index (κ2) is 5.82. The van der Waals surface area contributed by atoms with E-state index in [-0.39, 0.29) is 18.0 Å². The third-order valence-corrected chi connectivity index (χ3v) is 5.83. The van der Waals surface area contributed by atoms with Crippen molar-refractivity contribution >= 4 is 21.4 Å². The van der Waals surface area contributed by atoms with Crippen LogP contribution in [0.5, 0.6) is 0 Å². The van der Waals surface area contributed by atoms with Crippen LogP contribution in [0.3, 0.4) is 0 Å². The molecule has 2 heterocycles. The van der Waals surface area contributed by atoms with Crippen LogP contribution in [0, 0.1) is 0 Å². The molecule has 8 heteroatoms. The third-order valence-electron chi connectivity index (χ3n) is 3.55. The van der Waals surface area contributed by atoms with E-state index in [9.17, 15) is 13.2 Å². The molecule has 1 atom stereocenters. The summed E-state index contributed by atoms with van der Waals surface area (Å²) < 4.78 is 23.3. The van der Waals surface area contributed by atoms with Gasteiger partial charge >= 0.3 is 0 Å². The van der Waals surface area contributed by atoms with Crippen molar-refractivity contribution in [2.24, 2.45) is 0 Å². The predicted octanol–water partition coefficient (Wildman–Crippen LogP) is 0.251. The molecular weight excluding hydrogens is 280 g/mol. The molecule has 1 aliphatic rings.